The van der Waals surface area contributed by atoms with Crippen LogP contribution in [0.5, 0.6) is 0 Å². The molecule has 0 saturated heterocycles. The number of halogens is 1. The molecule has 0 aliphatic carbocycles. The molecule has 0 aromatic heterocycles. The molecule has 100 valence electrons. The molecule has 0 atom stereocenters. The molecule has 0 heterocycles. The highest BCUT2D eigenvalue weighted by atomic mass is 79.9. The summed E-state index contributed by atoms with van der Waals surface area (Å²) in [5.74, 6) is 0. The zero-order valence-electron chi connectivity index (χ0n) is 10.3. The van der Waals surface area contributed by atoms with E-state index < -0.39 is 4.92 Å². The summed E-state index contributed by atoms with van der Waals surface area (Å²) in [6, 6.07) is 14.2. The monoisotopic (exact) mass is 331 g/mol. The van der Waals surface area contributed by atoms with Gasteiger partial charge in [-0.3, -0.25) is 10.1 Å². The van der Waals surface area contributed by atoms with Crippen LogP contribution < -0.4 is 5.32 Å². The van der Waals surface area contributed by atoms with Crippen LogP contribution in [0.3, 0.4) is 0 Å². The molecule has 0 bridgehead atoms. The first-order chi connectivity index (χ1) is 9.61. The van der Waals surface area contributed by atoms with Crippen molar-refractivity contribution >= 4 is 27.3 Å². The van der Waals surface area contributed by atoms with E-state index in [1.807, 2.05) is 6.07 Å². The molecule has 0 saturated carbocycles. The average Bonchev–Trinajstić information content (AvgIpc) is 2.46. The van der Waals surface area contributed by atoms with Gasteiger partial charge in [-0.2, -0.15) is 5.26 Å². The highest BCUT2D eigenvalue weighted by Gasteiger charge is 2.12. The van der Waals surface area contributed by atoms with Crippen LogP contribution in [0.25, 0.3) is 0 Å². The second-order valence-electron chi connectivity index (χ2n) is 4.05. The lowest BCUT2D eigenvalue weighted by atomic mass is 10.1. The molecule has 2 aromatic carbocycles. The molecule has 0 fully saturated rings. The van der Waals surface area contributed by atoms with Gasteiger partial charge in [-0.25, -0.2) is 0 Å². The molecule has 0 unspecified atom stereocenters. The fourth-order valence-corrected chi connectivity index (χ4v) is 2.13. The van der Waals surface area contributed by atoms with E-state index in [4.69, 9.17) is 5.26 Å². The number of benzene rings is 2. The summed E-state index contributed by atoms with van der Waals surface area (Å²) in [7, 11) is 0. The van der Waals surface area contributed by atoms with E-state index in [-0.39, 0.29) is 5.69 Å². The van der Waals surface area contributed by atoms with Gasteiger partial charge in [0.2, 0.25) is 0 Å². The standard InChI is InChI=1S/C14H10BrN3O2/c15-12-6-5-10(7-14(12)18(19)20)9-17-13-4-2-1-3-11(13)8-16/h1-7,17H,9H2. The number of nitrogens with one attached hydrogen (secondary N) is 1. The Hall–Kier alpha value is -2.39. The summed E-state index contributed by atoms with van der Waals surface area (Å²) in [5, 5.41) is 22.9. The van der Waals surface area contributed by atoms with Gasteiger partial charge in [0.05, 0.1) is 20.6 Å². The average molecular weight is 332 g/mol. The summed E-state index contributed by atoms with van der Waals surface area (Å²) < 4.78 is 0.448. The van der Waals surface area contributed by atoms with Crippen LogP contribution in [0, 0.1) is 21.4 Å². The maximum Gasteiger partial charge on any atom is 0.283 e. The number of nitrogens with zero attached hydrogens (tertiary/aromatic N) is 2. The predicted octanol–water partition coefficient (Wildman–Crippen LogP) is 3.84. The Labute approximate surface area is 124 Å². The molecular formula is C14H10BrN3O2. The van der Waals surface area contributed by atoms with Gasteiger partial charge in [-0.15, -0.1) is 0 Å². The van der Waals surface area contributed by atoms with E-state index in [1.54, 1.807) is 30.3 Å². The molecule has 20 heavy (non-hydrogen) atoms. The summed E-state index contributed by atoms with van der Waals surface area (Å²) >= 11 is 3.14. The van der Waals surface area contributed by atoms with E-state index in [0.717, 1.165) is 5.56 Å². The Kier molecular flexibility index (Phi) is 4.33. The van der Waals surface area contributed by atoms with Crippen molar-refractivity contribution in [2.75, 3.05) is 5.32 Å². The van der Waals surface area contributed by atoms with Gasteiger partial charge in [-0.1, -0.05) is 18.2 Å². The Morgan fingerprint density at radius 3 is 2.75 bits per heavy atom. The Morgan fingerprint density at radius 2 is 2.05 bits per heavy atom. The molecule has 6 heteroatoms. The largest absolute Gasteiger partial charge is 0.380 e. The molecule has 0 radical (unpaired) electrons. The number of nitro benzene ring substituents is 1. The Morgan fingerprint density at radius 1 is 1.30 bits per heavy atom. The van der Waals surface area contributed by atoms with E-state index in [2.05, 4.69) is 27.3 Å². The van der Waals surface area contributed by atoms with Crippen LogP contribution in [0.4, 0.5) is 11.4 Å². The van der Waals surface area contributed by atoms with Crippen LogP contribution in [-0.4, -0.2) is 4.92 Å². The number of para-hydroxylation sites is 1. The highest BCUT2D eigenvalue weighted by Crippen LogP contribution is 2.26. The van der Waals surface area contributed by atoms with Gasteiger partial charge in [0, 0.05) is 12.6 Å². The first-order valence-electron chi connectivity index (χ1n) is 5.77. The topological polar surface area (TPSA) is 79.0 Å². The van der Waals surface area contributed by atoms with Crippen molar-refractivity contribution in [1.29, 1.82) is 5.26 Å². The lowest BCUT2D eigenvalue weighted by molar-refractivity contribution is -0.385. The third-order valence-corrected chi connectivity index (χ3v) is 3.41. The smallest absolute Gasteiger partial charge is 0.283 e. The number of hydrogen-bond donors (Lipinski definition) is 1. The van der Waals surface area contributed by atoms with Crippen LogP contribution in [0.15, 0.2) is 46.9 Å². The maximum atomic E-state index is 10.9. The zero-order chi connectivity index (χ0) is 14.5. The van der Waals surface area contributed by atoms with Crippen molar-refractivity contribution in [3.05, 3.63) is 68.2 Å². The fraction of sp³-hybridized carbons (Fsp3) is 0.0714. The maximum absolute atomic E-state index is 10.9. The first-order valence-corrected chi connectivity index (χ1v) is 6.57. The van der Waals surface area contributed by atoms with E-state index in [9.17, 15) is 10.1 Å². The van der Waals surface area contributed by atoms with Gasteiger partial charge in [0.15, 0.2) is 0 Å². The SMILES string of the molecule is N#Cc1ccccc1NCc1ccc(Br)c([N+](=O)[O-])c1. The minimum atomic E-state index is -0.434. The van der Waals surface area contributed by atoms with Gasteiger partial charge >= 0.3 is 0 Å². The molecule has 0 aliphatic rings. The molecule has 0 aliphatic heterocycles. The molecule has 2 aromatic rings. The lowest BCUT2D eigenvalue weighted by Crippen LogP contribution is -2.02. The van der Waals surface area contributed by atoms with Crippen LogP contribution in [-0.2, 0) is 6.54 Å². The van der Waals surface area contributed by atoms with Crippen molar-refractivity contribution in [3.63, 3.8) is 0 Å². The van der Waals surface area contributed by atoms with Crippen molar-refractivity contribution in [3.8, 4) is 6.07 Å². The molecule has 5 nitrogen and oxygen atoms in total. The lowest BCUT2D eigenvalue weighted by Gasteiger charge is -2.08. The van der Waals surface area contributed by atoms with Gasteiger partial charge in [-0.05, 0) is 39.7 Å². The molecule has 2 rings (SSSR count). The zero-order valence-corrected chi connectivity index (χ0v) is 11.9. The predicted molar refractivity (Wildman–Crippen MR) is 79.3 cm³/mol. The van der Waals surface area contributed by atoms with Crippen molar-refractivity contribution in [2.24, 2.45) is 0 Å². The second-order valence-corrected chi connectivity index (χ2v) is 4.91. The first kappa shape index (κ1) is 14.0. The normalized spacial score (nSPS) is 9.80. The molecule has 0 spiro atoms. The van der Waals surface area contributed by atoms with Crippen molar-refractivity contribution < 1.29 is 4.92 Å². The Balaban J connectivity index is 2.18. The number of anilines is 1. The quantitative estimate of drug-likeness (QED) is 0.681. The van der Waals surface area contributed by atoms with Crippen LogP contribution >= 0.6 is 15.9 Å². The summed E-state index contributed by atoms with van der Waals surface area (Å²) in [5.41, 5.74) is 2.05. The van der Waals surface area contributed by atoms with Crippen LogP contribution in [0.2, 0.25) is 0 Å². The third kappa shape index (κ3) is 3.13. The van der Waals surface area contributed by atoms with E-state index in [1.165, 1.54) is 6.07 Å². The summed E-state index contributed by atoms with van der Waals surface area (Å²) in [4.78, 5) is 10.4. The van der Waals surface area contributed by atoms with E-state index in [0.29, 0.717) is 22.3 Å². The van der Waals surface area contributed by atoms with Gasteiger partial charge in [0.25, 0.3) is 5.69 Å². The van der Waals surface area contributed by atoms with Crippen molar-refractivity contribution in [2.45, 2.75) is 6.54 Å². The third-order valence-electron chi connectivity index (χ3n) is 2.74. The molecule has 1 N–H and O–H groups in total. The fourth-order valence-electron chi connectivity index (χ4n) is 1.74. The number of nitriles is 1. The Bertz CT molecular complexity index is 695. The van der Waals surface area contributed by atoms with Gasteiger partial charge < -0.3 is 5.32 Å². The highest BCUT2D eigenvalue weighted by molar-refractivity contribution is 9.10. The summed E-state index contributed by atoms with van der Waals surface area (Å²) in [6.45, 7) is 0.410. The summed E-state index contributed by atoms with van der Waals surface area (Å²) in [6.07, 6.45) is 0. The second kappa shape index (κ2) is 6.17. The number of hydrogen-bond acceptors (Lipinski definition) is 4. The molecular weight excluding hydrogens is 322 g/mol. The minimum absolute atomic E-state index is 0.0258. The van der Waals surface area contributed by atoms with Gasteiger partial charge in [0.1, 0.15) is 6.07 Å². The molecule has 0 amide bonds. The number of nitro groups is 1. The van der Waals surface area contributed by atoms with E-state index >= 15 is 0 Å². The minimum Gasteiger partial charge on any atom is -0.380 e. The van der Waals surface area contributed by atoms with Crippen LogP contribution in [0.1, 0.15) is 11.1 Å². The van der Waals surface area contributed by atoms with Crippen molar-refractivity contribution in [1.82, 2.24) is 0 Å². The number of rotatable bonds is 4.